The van der Waals surface area contributed by atoms with Crippen molar-refractivity contribution in [1.29, 1.82) is 0 Å². The van der Waals surface area contributed by atoms with Crippen LogP contribution in [0.2, 0.25) is 0 Å². The third-order valence-electron chi connectivity index (χ3n) is 4.32. The standard InChI is InChI=1S/C15H28N4O/c1-6-15(5)7-9-19(10-8-15)13-18-17-12(20-13)11-16-14(2,3)4/h16H,6-11H2,1-5H3. The van der Waals surface area contributed by atoms with Crippen LogP contribution >= 0.6 is 0 Å². The van der Waals surface area contributed by atoms with Gasteiger partial charge in [-0.05, 0) is 39.0 Å². The molecule has 2 rings (SSSR count). The summed E-state index contributed by atoms with van der Waals surface area (Å²) < 4.78 is 5.76. The van der Waals surface area contributed by atoms with Gasteiger partial charge in [0, 0.05) is 18.6 Å². The topological polar surface area (TPSA) is 54.2 Å². The average Bonchev–Trinajstić information content (AvgIpc) is 2.85. The molecule has 0 atom stereocenters. The molecular formula is C15H28N4O. The van der Waals surface area contributed by atoms with Crippen molar-refractivity contribution in [2.75, 3.05) is 18.0 Å². The molecule has 0 spiro atoms. The van der Waals surface area contributed by atoms with Crippen LogP contribution in [0.1, 0.15) is 59.8 Å². The maximum atomic E-state index is 5.76. The minimum absolute atomic E-state index is 0.0582. The highest BCUT2D eigenvalue weighted by atomic mass is 16.4. The molecule has 0 saturated carbocycles. The Kier molecular flexibility index (Phi) is 4.37. The number of nitrogens with one attached hydrogen (secondary N) is 1. The Morgan fingerprint density at radius 1 is 1.25 bits per heavy atom. The van der Waals surface area contributed by atoms with E-state index in [4.69, 9.17) is 4.42 Å². The quantitative estimate of drug-likeness (QED) is 0.919. The SMILES string of the molecule is CCC1(C)CCN(c2nnc(CNC(C)(C)C)o2)CC1. The molecule has 114 valence electrons. The number of nitrogens with zero attached hydrogens (tertiary/aromatic N) is 3. The largest absolute Gasteiger partial charge is 0.407 e. The van der Waals surface area contributed by atoms with Crippen molar-refractivity contribution in [3.05, 3.63) is 5.89 Å². The zero-order valence-corrected chi connectivity index (χ0v) is 13.5. The predicted octanol–water partition coefficient (Wildman–Crippen LogP) is 2.97. The van der Waals surface area contributed by atoms with E-state index in [1.54, 1.807) is 0 Å². The van der Waals surface area contributed by atoms with E-state index >= 15 is 0 Å². The molecule has 1 N–H and O–H groups in total. The molecule has 0 amide bonds. The Morgan fingerprint density at radius 3 is 2.45 bits per heavy atom. The van der Waals surface area contributed by atoms with Gasteiger partial charge in [0.05, 0.1) is 6.54 Å². The Labute approximate surface area is 122 Å². The number of piperidine rings is 1. The van der Waals surface area contributed by atoms with Gasteiger partial charge in [-0.25, -0.2) is 0 Å². The summed E-state index contributed by atoms with van der Waals surface area (Å²) >= 11 is 0. The predicted molar refractivity (Wildman–Crippen MR) is 80.7 cm³/mol. The maximum Gasteiger partial charge on any atom is 0.318 e. The normalized spacial score (nSPS) is 19.4. The zero-order valence-electron chi connectivity index (χ0n) is 13.5. The van der Waals surface area contributed by atoms with Crippen molar-refractivity contribution in [1.82, 2.24) is 15.5 Å². The summed E-state index contributed by atoms with van der Waals surface area (Å²) in [6.07, 6.45) is 3.63. The van der Waals surface area contributed by atoms with Crippen LogP contribution in [0.15, 0.2) is 4.42 Å². The second-order valence-corrected chi connectivity index (χ2v) is 7.23. The van der Waals surface area contributed by atoms with Crippen molar-refractivity contribution in [2.45, 2.75) is 66.0 Å². The lowest BCUT2D eigenvalue weighted by Gasteiger charge is -2.37. The number of hydrogen-bond acceptors (Lipinski definition) is 5. The van der Waals surface area contributed by atoms with Gasteiger partial charge in [-0.15, -0.1) is 5.10 Å². The van der Waals surface area contributed by atoms with E-state index in [0.717, 1.165) is 13.1 Å². The Morgan fingerprint density at radius 2 is 1.90 bits per heavy atom. The number of hydrogen-bond donors (Lipinski definition) is 1. The Bertz CT molecular complexity index is 427. The molecule has 20 heavy (non-hydrogen) atoms. The second-order valence-electron chi connectivity index (χ2n) is 7.23. The second kappa shape index (κ2) is 5.72. The van der Waals surface area contributed by atoms with Gasteiger partial charge in [-0.2, -0.15) is 0 Å². The molecule has 0 bridgehead atoms. The van der Waals surface area contributed by atoms with Crippen LogP contribution in [0, 0.1) is 5.41 Å². The molecule has 1 saturated heterocycles. The molecule has 2 heterocycles. The first-order valence-corrected chi connectivity index (χ1v) is 7.64. The molecule has 0 aromatic carbocycles. The minimum Gasteiger partial charge on any atom is -0.407 e. The molecule has 0 aliphatic carbocycles. The molecule has 5 heteroatoms. The smallest absolute Gasteiger partial charge is 0.318 e. The first-order chi connectivity index (χ1) is 9.31. The van der Waals surface area contributed by atoms with Crippen LogP contribution in [-0.2, 0) is 6.54 Å². The lowest BCUT2D eigenvalue weighted by Crippen LogP contribution is -2.38. The van der Waals surface area contributed by atoms with Crippen LogP contribution in [0.5, 0.6) is 0 Å². The number of aromatic nitrogens is 2. The summed E-state index contributed by atoms with van der Waals surface area (Å²) in [5.41, 5.74) is 0.538. The molecule has 1 aliphatic heterocycles. The van der Waals surface area contributed by atoms with Gasteiger partial charge in [-0.1, -0.05) is 25.4 Å². The summed E-state index contributed by atoms with van der Waals surface area (Å²) in [6, 6.07) is 0.675. The highest BCUT2D eigenvalue weighted by Crippen LogP contribution is 2.35. The van der Waals surface area contributed by atoms with Crippen LogP contribution in [0.25, 0.3) is 0 Å². The van der Waals surface area contributed by atoms with E-state index in [-0.39, 0.29) is 5.54 Å². The van der Waals surface area contributed by atoms with Gasteiger partial charge < -0.3 is 14.6 Å². The highest BCUT2D eigenvalue weighted by molar-refractivity contribution is 5.25. The molecular weight excluding hydrogens is 252 g/mol. The molecule has 1 aromatic rings. The molecule has 1 aromatic heterocycles. The van der Waals surface area contributed by atoms with E-state index < -0.39 is 0 Å². The number of rotatable bonds is 4. The van der Waals surface area contributed by atoms with Crippen molar-refractivity contribution >= 4 is 6.01 Å². The van der Waals surface area contributed by atoms with Gasteiger partial charge >= 0.3 is 6.01 Å². The maximum absolute atomic E-state index is 5.76. The van der Waals surface area contributed by atoms with Gasteiger partial charge in [0.1, 0.15) is 0 Å². The van der Waals surface area contributed by atoms with Crippen molar-refractivity contribution in [2.24, 2.45) is 5.41 Å². The Hall–Kier alpha value is -1.10. The summed E-state index contributed by atoms with van der Waals surface area (Å²) in [5, 5.41) is 11.7. The highest BCUT2D eigenvalue weighted by Gasteiger charge is 2.30. The van der Waals surface area contributed by atoms with Gasteiger partial charge in [0.2, 0.25) is 5.89 Å². The lowest BCUT2D eigenvalue weighted by molar-refractivity contribution is 0.233. The third kappa shape index (κ3) is 3.95. The fourth-order valence-corrected chi connectivity index (χ4v) is 2.38. The number of anilines is 1. The van der Waals surface area contributed by atoms with Crippen molar-refractivity contribution in [3.8, 4) is 0 Å². The van der Waals surface area contributed by atoms with E-state index in [2.05, 4.69) is 55.0 Å². The summed E-state index contributed by atoms with van der Waals surface area (Å²) in [4.78, 5) is 2.21. The summed E-state index contributed by atoms with van der Waals surface area (Å²) in [7, 11) is 0. The fraction of sp³-hybridized carbons (Fsp3) is 0.867. The third-order valence-corrected chi connectivity index (χ3v) is 4.32. The average molecular weight is 280 g/mol. The Balaban J connectivity index is 1.90. The van der Waals surface area contributed by atoms with Crippen LogP contribution < -0.4 is 10.2 Å². The van der Waals surface area contributed by atoms with Crippen LogP contribution in [-0.4, -0.2) is 28.8 Å². The summed E-state index contributed by atoms with van der Waals surface area (Å²) in [6.45, 7) is 13.7. The van der Waals surface area contributed by atoms with E-state index in [0.29, 0.717) is 23.9 Å². The van der Waals surface area contributed by atoms with Gasteiger partial charge in [0.25, 0.3) is 0 Å². The van der Waals surface area contributed by atoms with Gasteiger partial charge in [0.15, 0.2) is 0 Å². The lowest BCUT2D eigenvalue weighted by atomic mass is 9.78. The monoisotopic (exact) mass is 280 g/mol. The van der Waals surface area contributed by atoms with E-state index in [1.807, 2.05) is 0 Å². The fourth-order valence-electron chi connectivity index (χ4n) is 2.38. The van der Waals surface area contributed by atoms with Crippen molar-refractivity contribution < 1.29 is 4.42 Å². The first kappa shape index (κ1) is 15.3. The molecule has 5 nitrogen and oxygen atoms in total. The van der Waals surface area contributed by atoms with Crippen LogP contribution in [0.4, 0.5) is 6.01 Å². The molecule has 0 radical (unpaired) electrons. The zero-order chi connectivity index (χ0) is 14.8. The van der Waals surface area contributed by atoms with E-state index in [1.165, 1.54) is 19.3 Å². The molecule has 1 aliphatic rings. The van der Waals surface area contributed by atoms with E-state index in [9.17, 15) is 0 Å². The molecule has 1 fully saturated rings. The van der Waals surface area contributed by atoms with Gasteiger partial charge in [-0.3, -0.25) is 0 Å². The first-order valence-electron chi connectivity index (χ1n) is 7.64. The molecule has 0 unspecified atom stereocenters. The van der Waals surface area contributed by atoms with Crippen LogP contribution in [0.3, 0.4) is 0 Å². The van der Waals surface area contributed by atoms with Crippen molar-refractivity contribution in [3.63, 3.8) is 0 Å². The minimum atomic E-state index is 0.0582. The summed E-state index contributed by atoms with van der Waals surface area (Å²) in [5.74, 6) is 0.666.